The zero-order valence-corrected chi connectivity index (χ0v) is 21.8. The topological polar surface area (TPSA) is 106 Å². The van der Waals surface area contributed by atoms with E-state index < -0.39 is 11.9 Å². The average Bonchev–Trinajstić information content (AvgIpc) is 3.14. The number of nitrogens with zero attached hydrogens (tertiary/aromatic N) is 4. The number of ether oxygens (including phenoxy) is 1. The van der Waals surface area contributed by atoms with Gasteiger partial charge in [0.2, 0.25) is 11.8 Å². The first-order valence-corrected chi connectivity index (χ1v) is 13.6. The zero-order valence-electron chi connectivity index (χ0n) is 21.8. The highest BCUT2D eigenvalue weighted by molar-refractivity contribution is 6.00. The van der Waals surface area contributed by atoms with Crippen molar-refractivity contribution in [3.05, 3.63) is 28.7 Å². The van der Waals surface area contributed by atoms with Crippen LogP contribution in [0.25, 0.3) is 11.0 Å². The maximum absolute atomic E-state index is 13.0. The standard InChI is InChI=1S/C27H37N5O5/c1-3-37-27(36)31-14-10-19(11-15-31)16-18-8-12-30(13-9-18)20-4-5-21-23(17-20)29(2)26(35)32(21)22-6-7-24(33)28-25(22)34/h4-5,17-19,22H,3,6-16H2,1-2H3,(H,28,33,34). The van der Waals surface area contributed by atoms with Gasteiger partial charge < -0.3 is 14.5 Å². The van der Waals surface area contributed by atoms with Gasteiger partial charge in [0.05, 0.1) is 17.6 Å². The number of hydrogen-bond donors (Lipinski definition) is 1. The van der Waals surface area contributed by atoms with Gasteiger partial charge in [-0.25, -0.2) is 9.59 Å². The number of carbonyl (C=O) groups is 3. The monoisotopic (exact) mass is 511 g/mol. The number of hydrogen-bond acceptors (Lipinski definition) is 6. The predicted molar refractivity (Wildman–Crippen MR) is 139 cm³/mol. The van der Waals surface area contributed by atoms with Gasteiger partial charge in [0, 0.05) is 45.3 Å². The number of piperidine rings is 3. The van der Waals surface area contributed by atoms with Gasteiger partial charge in [0.1, 0.15) is 6.04 Å². The Labute approximate surface area is 216 Å². The quantitative estimate of drug-likeness (QED) is 0.619. The molecule has 0 radical (unpaired) electrons. The molecule has 3 aliphatic rings. The molecule has 5 rings (SSSR count). The van der Waals surface area contributed by atoms with E-state index in [0.717, 1.165) is 68.6 Å². The first-order valence-electron chi connectivity index (χ1n) is 13.6. The second kappa shape index (κ2) is 10.6. The Hall–Kier alpha value is -3.30. The number of nitrogens with one attached hydrogen (secondary N) is 1. The number of carbonyl (C=O) groups excluding carboxylic acids is 3. The smallest absolute Gasteiger partial charge is 0.409 e. The fourth-order valence-corrected chi connectivity index (χ4v) is 6.24. The summed E-state index contributed by atoms with van der Waals surface area (Å²) in [5.41, 5.74) is 2.36. The van der Waals surface area contributed by atoms with Gasteiger partial charge >= 0.3 is 11.8 Å². The van der Waals surface area contributed by atoms with Gasteiger partial charge in [-0.05, 0) is 75.5 Å². The number of benzene rings is 1. The summed E-state index contributed by atoms with van der Waals surface area (Å²) in [5.74, 6) is 0.656. The lowest BCUT2D eigenvalue weighted by Gasteiger charge is -2.37. The Morgan fingerprint density at radius 2 is 1.65 bits per heavy atom. The van der Waals surface area contributed by atoms with E-state index in [9.17, 15) is 19.2 Å². The summed E-state index contributed by atoms with van der Waals surface area (Å²) in [6, 6.07) is 5.35. The van der Waals surface area contributed by atoms with Crippen LogP contribution in [0.2, 0.25) is 0 Å². The number of imide groups is 1. The summed E-state index contributed by atoms with van der Waals surface area (Å²) in [4.78, 5) is 53.2. The molecule has 4 heterocycles. The predicted octanol–water partition coefficient (Wildman–Crippen LogP) is 2.79. The van der Waals surface area contributed by atoms with Crippen LogP contribution in [-0.2, 0) is 21.4 Å². The van der Waals surface area contributed by atoms with Crippen LogP contribution in [0.3, 0.4) is 0 Å². The Balaban J connectivity index is 1.20. The van der Waals surface area contributed by atoms with Crippen LogP contribution in [-0.4, -0.2) is 64.7 Å². The van der Waals surface area contributed by atoms with Crippen molar-refractivity contribution in [1.82, 2.24) is 19.4 Å². The number of imidazole rings is 1. The molecule has 3 amide bonds. The number of likely N-dealkylation sites (tertiary alicyclic amines) is 1. The molecule has 1 aromatic carbocycles. The van der Waals surface area contributed by atoms with Crippen molar-refractivity contribution in [2.75, 3.05) is 37.7 Å². The van der Waals surface area contributed by atoms with Crippen molar-refractivity contribution in [1.29, 1.82) is 0 Å². The Kier molecular flexibility index (Phi) is 7.26. The van der Waals surface area contributed by atoms with Crippen LogP contribution < -0.4 is 15.9 Å². The van der Waals surface area contributed by atoms with Gasteiger partial charge in [-0.1, -0.05) is 0 Å². The molecule has 0 aliphatic carbocycles. The fraction of sp³-hybridized carbons (Fsp3) is 0.630. The third-order valence-electron chi connectivity index (χ3n) is 8.38. The molecule has 1 N–H and O–H groups in total. The average molecular weight is 512 g/mol. The normalized spacial score (nSPS) is 21.9. The molecule has 0 bridgehead atoms. The highest BCUT2D eigenvalue weighted by Crippen LogP contribution is 2.33. The minimum atomic E-state index is -0.667. The molecule has 3 aliphatic heterocycles. The largest absolute Gasteiger partial charge is 0.450 e. The maximum atomic E-state index is 13.0. The molecule has 1 unspecified atom stereocenters. The Morgan fingerprint density at radius 1 is 0.973 bits per heavy atom. The lowest BCUT2D eigenvalue weighted by atomic mass is 9.83. The summed E-state index contributed by atoms with van der Waals surface area (Å²) in [7, 11) is 1.73. The minimum Gasteiger partial charge on any atom is -0.450 e. The Bertz CT molecular complexity index is 1230. The van der Waals surface area contributed by atoms with E-state index in [0.29, 0.717) is 24.9 Å². The lowest BCUT2D eigenvalue weighted by molar-refractivity contribution is -0.135. The number of fused-ring (bicyclic) bond motifs is 1. The lowest BCUT2D eigenvalue weighted by Crippen LogP contribution is -2.44. The molecule has 3 saturated heterocycles. The van der Waals surface area contributed by atoms with Crippen molar-refractivity contribution < 1.29 is 19.1 Å². The van der Waals surface area contributed by atoms with Crippen molar-refractivity contribution >= 4 is 34.6 Å². The number of aromatic nitrogens is 2. The molecule has 0 saturated carbocycles. The summed E-state index contributed by atoms with van der Waals surface area (Å²) in [5, 5.41) is 2.36. The minimum absolute atomic E-state index is 0.184. The summed E-state index contributed by atoms with van der Waals surface area (Å²) < 4.78 is 8.26. The number of anilines is 1. The van der Waals surface area contributed by atoms with Crippen molar-refractivity contribution in [2.24, 2.45) is 18.9 Å². The van der Waals surface area contributed by atoms with E-state index in [4.69, 9.17) is 4.74 Å². The molecule has 2 aromatic rings. The van der Waals surface area contributed by atoms with Crippen molar-refractivity contribution in [3.63, 3.8) is 0 Å². The van der Waals surface area contributed by atoms with Gasteiger partial charge in [-0.2, -0.15) is 0 Å². The number of amides is 3. The molecule has 10 heteroatoms. The van der Waals surface area contributed by atoms with E-state index in [1.807, 2.05) is 30.0 Å². The third-order valence-corrected chi connectivity index (χ3v) is 8.38. The van der Waals surface area contributed by atoms with Gasteiger partial charge in [0.25, 0.3) is 0 Å². The van der Waals surface area contributed by atoms with E-state index in [-0.39, 0.29) is 24.1 Å². The van der Waals surface area contributed by atoms with E-state index in [1.165, 1.54) is 11.0 Å². The molecule has 37 heavy (non-hydrogen) atoms. The van der Waals surface area contributed by atoms with E-state index in [2.05, 4.69) is 10.2 Å². The molecule has 0 spiro atoms. The van der Waals surface area contributed by atoms with Crippen LogP contribution >= 0.6 is 0 Å². The summed E-state index contributed by atoms with van der Waals surface area (Å²) in [6.45, 7) is 5.79. The van der Waals surface area contributed by atoms with Crippen LogP contribution in [0.15, 0.2) is 23.0 Å². The molecular weight excluding hydrogens is 474 g/mol. The first-order chi connectivity index (χ1) is 17.9. The van der Waals surface area contributed by atoms with Gasteiger partial charge in [-0.3, -0.25) is 24.0 Å². The maximum Gasteiger partial charge on any atom is 0.409 e. The second-order valence-electron chi connectivity index (χ2n) is 10.6. The summed E-state index contributed by atoms with van der Waals surface area (Å²) in [6.07, 6.45) is 5.96. The highest BCUT2D eigenvalue weighted by atomic mass is 16.6. The molecule has 3 fully saturated rings. The van der Waals surface area contributed by atoms with Crippen LogP contribution in [0, 0.1) is 11.8 Å². The SMILES string of the molecule is CCOC(=O)N1CCC(CC2CCN(c3ccc4c(c3)n(C)c(=O)n4C3CCC(=O)NC3=O)CC2)CC1. The molecule has 200 valence electrons. The van der Waals surface area contributed by atoms with Gasteiger partial charge in [0.15, 0.2) is 0 Å². The summed E-state index contributed by atoms with van der Waals surface area (Å²) >= 11 is 0. The van der Waals surface area contributed by atoms with Crippen LogP contribution in [0.5, 0.6) is 0 Å². The molecule has 1 atom stereocenters. The molecular formula is C27H37N5O5. The highest BCUT2D eigenvalue weighted by Gasteiger charge is 2.32. The van der Waals surface area contributed by atoms with Crippen LogP contribution in [0.1, 0.15) is 57.9 Å². The van der Waals surface area contributed by atoms with Crippen molar-refractivity contribution in [3.8, 4) is 0 Å². The first kappa shape index (κ1) is 25.4. The van der Waals surface area contributed by atoms with E-state index in [1.54, 1.807) is 11.6 Å². The molecule has 10 nitrogen and oxygen atoms in total. The zero-order chi connectivity index (χ0) is 26.1. The molecule has 1 aromatic heterocycles. The second-order valence-corrected chi connectivity index (χ2v) is 10.6. The van der Waals surface area contributed by atoms with Crippen LogP contribution in [0.4, 0.5) is 10.5 Å². The third kappa shape index (κ3) is 5.10. The number of rotatable bonds is 5. The van der Waals surface area contributed by atoms with E-state index >= 15 is 0 Å². The number of aryl methyl sites for hydroxylation is 1. The Morgan fingerprint density at radius 3 is 2.30 bits per heavy atom. The van der Waals surface area contributed by atoms with Gasteiger partial charge in [-0.15, -0.1) is 0 Å². The fourth-order valence-electron chi connectivity index (χ4n) is 6.24. The van der Waals surface area contributed by atoms with Crippen molar-refractivity contribution in [2.45, 2.75) is 57.9 Å².